The third kappa shape index (κ3) is 3.49. The van der Waals surface area contributed by atoms with E-state index in [4.69, 9.17) is 16.1 Å². The summed E-state index contributed by atoms with van der Waals surface area (Å²) in [6, 6.07) is 0. The first-order valence-electron chi connectivity index (χ1n) is 6.13. The van der Waals surface area contributed by atoms with E-state index in [-0.39, 0.29) is 10.4 Å². The molecule has 0 amide bonds. The van der Waals surface area contributed by atoms with Crippen LogP contribution < -0.4 is 0 Å². The molecular formula is C12H24ClNOSi. The van der Waals surface area contributed by atoms with Crippen molar-refractivity contribution in [1.82, 2.24) is 0 Å². The van der Waals surface area contributed by atoms with Crippen molar-refractivity contribution in [2.75, 3.05) is 0 Å². The second-order valence-corrected chi connectivity index (χ2v) is 11.4. The topological polar surface area (TPSA) is 21.6 Å². The monoisotopic (exact) mass is 261 g/mol. The first kappa shape index (κ1) is 14.0. The first-order chi connectivity index (χ1) is 7.24. The zero-order valence-corrected chi connectivity index (χ0v) is 12.9. The quantitative estimate of drug-likeness (QED) is 0.406. The van der Waals surface area contributed by atoms with Gasteiger partial charge < -0.3 is 4.53 Å². The average molecular weight is 262 g/mol. The molecular weight excluding hydrogens is 238 g/mol. The van der Waals surface area contributed by atoms with Crippen molar-refractivity contribution in [3.05, 3.63) is 0 Å². The Bertz CT molecular complexity index is 271. The van der Waals surface area contributed by atoms with Crippen LogP contribution in [-0.4, -0.2) is 19.4 Å². The molecule has 0 saturated heterocycles. The number of hydrogen-bond donors (Lipinski definition) is 0. The molecule has 1 saturated carbocycles. The van der Waals surface area contributed by atoms with Crippen LogP contribution in [0.15, 0.2) is 5.16 Å². The Morgan fingerprint density at radius 2 is 1.94 bits per heavy atom. The molecule has 0 aromatic rings. The lowest BCUT2D eigenvalue weighted by Gasteiger charge is -2.34. The van der Waals surface area contributed by atoms with Crippen molar-refractivity contribution in [1.29, 1.82) is 0 Å². The molecule has 2 nitrogen and oxygen atoms in total. The van der Waals surface area contributed by atoms with Crippen molar-refractivity contribution in [3.63, 3.8) is 0 Å². The van der Waals surface area contributed by atoms with Gasteiger partial charge in [0.05, 0.1) is 11.1 Å². The van der Waals surface area contributed by atoms with Crippen molar-refractivity contribution in [3.8, 4) is 0 Å². The Kier molecular flexibility index (Phi) is 4.47. The molecule has 0 aromatic heterocycles. The second kappa shape index (κ2) is 5.09. The van der Waals surface area contributed by atoms with Crippen LogP contribution in [0.5, 0.6) is 0 Å². The number of halogens is 1. The van der Waals surface area contributed by atoms with Crippen LogP contribution in [-0.2, 0) is 4.53 Å². The second-order valence-electron chi connectivity index (χ2n) is 6.15. The summed E-state index contributed by atoms with van der Waals surface area (Å²) >= 11 is 6.23. The predicted molar refractivity (Wildman–Crippen MR) is 73.8 cm³/mol. The highest BCUT2D eigenvalue weighted by Gasteiger charge is 2.40. The Balaban J connectivity index is 2.64. The lowest BCUT2D eigenvalue weighted by molar-refractivity contribution is 0.304. The van der Waals surface area contributed by atoms with Crippen molar-refractivity contribution < 1.29 is 4.53 Å². The van der Waals surface area contributed by atoms with Gasteiger partial charge in [-0.1, -0.05) is 27.2 Å². The molecule has 0 heterocycles. The molecule has 1 unspecified atom stereocenters. The molecule has 0 bridgehead atoms. The molecule has 16 heavy (non-hydrogen) atoms. The van der Waals surface area contributed by atoms with Gasteiger partial charge in [-0.2, -0.15) is 0 Å². The van der Waals surface area contributed by atoms with Crippen LogP contribution in [0.25, 0.3) is 0 Å². The Morgan fingerprint density at radius 1 is 1.31 bits per heavy atom. The van der Waals surface area contributed by atoms with Crippen molar-refractivity contribution in [2.45, 2.75) is 70.0 Å². The lowest BCUT2D eigenvalue weighted by atomic mass is 9.98. The molecule has 1 aliphatic carbocycles. The van der Waals surface area contributed by atoms with E-state index in [1.165, 1.54) is 12.8 Å². The number of rotatable bonds is 2. The minimum absolute atomic E-state index is 0.0959. The fourth-order valence-corrected chi connectivity index (χ4v) is 2.29. The van der Waals surface area contributed by atoms with E-state index in [0.29, 0.717) is 0 Å². The van der Waals surface area contributed by atoms with E-state index in [2.05, 4.69) is 39.0 Å². The third-order valence-electron chi connectivity index (χ3n) is 3.70. The summed E-state index contributed by atoms with van der Waals surface area (Å²) in [7, 11) is -1.76. The van der Waals surface area contributed by atoms with Crippen molar-refractivity contribution in [2.24, 2.45) is 5.16 Å². The number of hydrogen-bond acceptors (Lipinski definition) is 2. The van der Waals surface area contributed by atoms with Gasteiger partial charge in [0.1, 0.15) is 0 Å². The molecule has 0 spiro atoms. The van der Waals surface area contributed by atoms with Crippen LogP contribution in [0.2, 0.25) is 18.1 Å². The molecule has 0 N–H and O–H groups in total. The highest BCUT2D eigenvalue weighted by Crippen LogP contribution is 2.37. The first-order valence-corrected chi connectivity index (χ1v) is 9.47. The van der Waals surface area contributed by atoms with Gasteiger partial charge in [-0.25, -0.2) is 0 Å². The lowest BCUT2D eigenvalue weighted by Crippen LogP contribution is -2.39. The Hall–Kier alpha value is -0.0231. The molecule has 0 aliphatic heterocycles. The molecule has 4 heteroatoms. The van der Waals surface area contributed by atoms with Gasteiger partial charge in [0.15, 0.2) is 0 Å². The van der Waals surface area contributed by atoms with Gasteiger partial charge >= 0.3 is 0 Å². The number of alkyl halides is 1. The maximum Gasteiger partial charge on any atom is 0.286 e. The maximum atomic E-state index is 6.23. The van der Waals surface area contributed by atoms with Crippen LogP contribution in [0.3, 0.4) is 0 Å². The summed E-state index contributed by atoms with van der Waals surface area (Å²) in [5.41, 5.74) is 1.05. The third-order valence-corrected chi connectivity index (χ3v) is 8.33. The smallest absolute Gasteiger partial charge is 0.286 e. The van der Waals surface area contributed by atoms with Gasteiger partial charge in [-0.05, 0) is 37.4 Å². The van der Waals surface area contributed by atoms with Gasteiger partial charge in [0, 0.05) is 0 Å². The van der Waals surface area contributed by atoms with E-state index in [1.807, 2.05) is 0 Å². The summed E-state index contributed by atoms with van der Waals surface area (Å²) in [6.07, 6.45) is 4.46. The summed E-state index contributed by atoms with van der Waals surface area (Å²) in [5, 5.41) is 4.65. The normalized spacial score (nSPS) is 25.9. The largest absolute Gasteiger partial charge is 0.455 e. The minimum Gasteiger partial charge on any atom is -0.455 e. The zero-order valence-electron chi connectivity index (χ0n) is 11.1. The predicted octanol–water partition coefficient (Wildman–Crippen LogP) is 4.55. The molecule has 0 aromatic carbocycles. The zero-order chi connectivity index (χ0) is 12.4. The van der Waals surface area contributed by atoms with Gasteiger partial charge in [-0.3, -0.25) is 0 Å². The van der Waals surface area contributed by atoms with E-state index in [0.717, 1.165) is 18.6 Å². The van der Waals surface area contributed by atoms with E-state index >= 15 is 0 Å². The standard InChI is InChI=1S/C12H24ClNOSi/c1-12(2,3)16(4,5)15-14-11-9-7-6-8-10(11)13/h10H,6-9H2,1-5H3/b14-11+. The van der Waals surface area contributed by atoms with Crippen LogP contribution in [0.1, 0.15) is 46.5 Å². The fourth-order valence-electron chi connectivity index (χ4n) is 1.37. The molecule has 1 aliphatic rings. The summed E-state index contributed by atoms with van der Waals surface area (Å²) in [4.78, 5) is 0. The number of oxime groups is 1. The highest BCUT2D eigenvalue weighted by molar-refractivity contribution is 6.74. The SMILES string of the molecule is CC(C)(C)[Si](C)(C)O/N=C1\CCCCC1Cl. The maximum absolute atomic E-state index is 6.23. The molecule has 1 fully saturated rings. The van der Waals surface area contributed by atoms with Crippen LogP contribution in [0, 0.1) is 0 Å². The van der Waals surface area contributed by atoms with Crippen molar-refractivity contribution >= 4 is 25.6 Å². The fraction of sp³-hybridized carbons (Fsp3) is 0.917. The van der Waals surface area contributed by atoms with Gasteiger partial charge in [-0.15, -0.1) is 16.8 Å². The average Bonchev–Trinajstić information content (AvgIpc) is 2.15. The highest BCUT2D eigenvalue weighted by atomic mass is 35.5. The molecule has 1 rings (SSSR count). The van der Waals surface area contributed by atoms with E-state index in [1.54, 1.807) is 0 Å². The summed E-state index contributed by atoms with van der Waals surface area (Å²) < 4.78 is 5.85. The number of nitrogens with zero attached hydrogens (tertiary/aromatic N) is 1. The van der Waals surface area contributed by atoms with Crippen LogP contribution in [0.4, 0.5) is 0 Å². The molecule has 0 radical (unpaired) electrons. The van der Waals surface area contributed by atoms with Gasteiger partial charge in [0.2, 0.25) is 0 Å². The molecule has 94 valence electrons. The Labute approximate surface area is 106 Å². The van der Waals surface area contributed by atoms with Crippen LogP contribution >= 0.6 is 11.6 Å². The minimum atomic E-state index is -1.76. The summed E-state index contributed by atoms with van der Waals surface area (Å²) in [6.45, 7) is 11.1. The molecule has 1 atom stereocenters. The summed E-state index contributed by atoms with van der Waals surface area (Å²) in [5.74, 6) is 0. The van der Waals surface area contributed by atoms with E-state index in [9.17, 15) is 0 Å². The van der Waals surface area contributed by atoms with E-state index < -0.39 is 8.32 Å². The van der Waals surface area contributed by atoms with Gasteiger partial charge in [0.25, 0.3) is 8.32 Å². The Morgan fingerprint density at radius 3 is 2.44 bits per heavy atom.